The number of nitrogens with zero attached hydrogens (tertiary/aromatic N) is 2. The first kappa shape index (κ1) is 21.0. The Bertz CT molecular complexity index is 1290. The van der Waals surface area contributed by atoms with E-state index in [1.807, 2.05) is 16.7 Å². The molecule has 0 saturated heterocycles. The lowest BCUT2D eigenvalue weighted by Gasteiger charge is -2.11. The Hall–Kier alpha value is -4.20. The average molecular weight is 432 g/mol. The molecule has 4 aromatic rings. The van der Waals surface area contributed by atoms with Gasteiger partial charge in [-0.3, -0.25) is 9.59 Å². The first-order chi connectivity index (χ1) is 15.5. The average Bonchev–Trinajstić information content (AvgIpc) is 3.22. The van der Waals surface area contributed by atoms with Crippen molar-refractivity contribution in [1.29, 1.82) is 0 Å². The molecule has 0 radical (unpaired) electrons. The van der Waals surface area contributed by atoms with Gasteiger partial charge in [-0.05, 0) is 46.7 Å². The van der Waals surface area contributed by atoms with Crippen molar-refractivity contribution in [2.24, 2.45) is 0 Å². The predicted molar refractivity (Wildman–Crippen MR) is 118 cm³/mol. The molecule has 0 spiro atoms. The van der Waals surface area contributed by atoms with Crippen molar-refractivity contribution >= 4 is 22.6 Å². The fourth-order valence-corrected chi connectivity index (χ4v) is 3.44. The zero-order valence-electron chi connectivity index (χ0n) is 17.1. The summed E-state index contributed by atoms with van der Waals surface area (Å²) >= 11 is 0. The van der Waals surface area contributed by atoms with Crippen LogP contribution < -0.4 is 10.6 Å². The van der Waals surface area contributed by atoms with Gasteiger partial charge in [0.1, 0.15) is 11.6 Å². The van der Waals surface area contributed by atoms with E-state index < -0.39 is 5.91 Å². The minimum Gasteiger partial charge on any atom is -0.508 e. The zero-order chi connectivity index (χ0) is 22.5. The molecule has 0 aliphatic heterocycles. The van der Waals surface area contributed by atoms with Crippen molar-refractivity contribution in [3.63, 3.8) is 0 Å². The van der Waals surface area contributed by atoms with Gasteiger partial charge in [-0.1, -0.05) is 30.3 Å². The number of aromatic hydroxyl groups is 1. The lowest BCUT2D eigenvalue weighted by Crippen LogP contribution is -2.37. The van der Waals surface area contributed by atoms with Crippen LogP contribution in [0.5, 0.6) is 5.75 Å². The third-order valence-electron chi connectivity index (χ3n) is 5.03. The SMILES string of the molecule is O=C(CNC(=O)c1cccc2ccc(O)cc12)NCc1cncn1Cc1cccc(F)c1. The molecule has 32 heavy (non-hydrogen) atoms. The number of aromatic nitrogens is 2. The molecule has 1 heterocycles. The van der Waals surface area contributed by atoms with Gasteiger partial charge in [0.2, 0.25) is 5.91 Å². The summed E-state index contributed by atoms with van der Waals surface area (Å²) in [6.07, 6.45) is 3.24. The number of phenolic OH excluding ortho intramolecular Hbond substituents is 1. The van der Waals surface area contributed by atoms with Gasteiger partial charge >= 0.3 is 0 Å². The fourth-order valence-electron chi connectivity index (χ4n) is 3.44. The second kappa shape index (κ2) is 9.30. The van der Waals surface area contributed by atoms with Gasteiger partial charge in [-0.15, -0.1) is 0 Å². The number of phenols is 1. The van der Waals surface area contributed by atoms with Gasteiger partial charge in [0, 0.05) is 18.3 Å². The van der Waals surface area contributed by atoms with Crippen LogP contribution in [0.4, 0.5) is 4.39 Å². The standard InChI is InChI=1S/C24H21FN4O3/c25-18-5-1-3-16(9-18)14-29-15-26-11-19(29)12-27-23(31)13-28-24(32)21-6-2-4-17-7-8-20(30)10-22(17)21/h1-11,15,30H,12-14H2,(H,27,31)(H,28,32). The molecule has 0 aliphatic rings. The molecule has 0 saturated carbocycles. The number of imidazole rings is 1. The summed E-state index contributed by atoms with van der Waals surface area (Å²) in [6, 6.07) is 16.3. The van der Waals surface area contributed by atoms with Crippen molar-refractivity contribution in [3.05, 3.63) is 95.8 Å². The Labute approximate surface area is 183 Å². The molecule has 0 aliphatic carbocycles. The van der Waals surface area contributed by atoms with E-state index in [9.17, 15) is 19.1 Å². The highest BCUT2D eigenvalue weighted by Crippen LogP contribution is 2.23. The van der Waals surface area contributed by atoms with E-state index in [0.717, 1.165) is 16.6 Å². The highest BCUT2D eigenvalue weighted by molar-refractivity contribution is 6.08. The smallest absolute Gasteiger partial charge is 0.252 e. The monoisotopic (exact) mass is 432 g/mol. The summed E-state index contributed by atoms with van der Waals surface area (Å²) in [5.74, 6) is -1.02. The van der Waals surface area contributed by atoms with Gasteiger partial charge < -0.3 is 20.3 Å². The van der Waals surface area contributed by atoms with Gasteiger partial charge in [-0.25, -0.2) is 9.37 Å². The number of hydrogen-bond acceptors (Lipinski definition) is 4. The first-order valence-corrected chi connectivity index (χ1v) is 10.00. The third-order valence-corrected chi connectivity index (χ3v) is 5.03. The molecule has 162 valence electrons. The van der Waals surface area contributed by atoms with Gasteiger partial charge in [0.25, 0.3) is 5.91 Å². The second-order valence-corrected chi connectivity index (χ2v) is 7.31. The molecule has 3 N–H and O–H groups in total. The molecule has 0 unspecified atom stereocenters. The number of hydrogen-bond donors (Lipinski definition) is 3. The molecule has 2 amide bonds. The van der Waals surface area contributed by atoms with Crippen LogP contribution in [0.2, 0.25) is 0 Å². The summed E-state index contributed by atoms with van der Waals surface area (Å²) in [5, 5.41) is 16.5. The summed E-state index contributed by atoms with van der Waals surface area (Å²) < 4.78 is 15.2. The summed E-state index contributed by atoms with van der Waals surface area (Å²) in [6.45, 7) is 0.436. The Morgan fingerprint density at radius 3 is 2.72 bits per heavy atom. The van der Waals surface area contributed by atoms with Crippen molar-refractivity contribution in [2.75, 3.05) is 6.54 Å². The molecule has 0 bridgehead atoms. The number of benzene rings is 3. The quantitative estimate of drug-likeness (QED) is 0.418. The van der Waals surface area contributed by atoms with Crippen LogP contribution in [0.25, 0.3) is 10.8 Å². The Morgan fingerprint density at radius 1 is 1.03 bits per heavy atom. The van der Waals surface area contributed by atoms with E-state index in [0.29, 0.717) is 17.5 Å². The Balaban J connectivity index is 1.33. The highest BCUT2D eigenvalue weighted by Gasteiger charge is 2.12. The van der Waals surface area contributed by atoms with Crippen molar-refractivity contribution in [1.82, 2.24) is 20.2 Å². The number of carbonyl (C=O) groups is 2. The first-order valence-electron chi connectivity index (χ1n) is 10.00. The van der Waals surface area contributed by atoms with Crippen LogP contribution in [-0.2, 0) is 17.9 Å². The van der Waals surface area contributed by atoms with E-state index in [4.69, 9.17) is 0 Å². The molecule has 0 fully saturated rings. The van der Waals surface area contributed by atoms with Crippen LogP contribution >= 0.6 is 0 Å². The lowest BCUT2D eigenvalue weighted by molar-refractivity contribution is -0.120. The molecular weight excluding hydrogens is 411 g/mol. The van der Waals surface area contributed by atoms with E-state index in [1.165, 1.54) is 18.2 Å². The highest BCUT2D eigenvalue weighted by atomic mass is 19.1. The maximum atomic E-state index is 13.4. The normalized spacial score (nSPS) is 10.8. The Kier molecular flexibility index (Phi) is 6.12. The van der Waals surface area contributed by atoms with Crippen LogP contribution in [0.15, 0.2) is 73.2 Å². The molecule has 7 nitrogen and oxygen atoms in total. The molecule has 8 heteroatoms. The minimum atomic E-state index is -0.410. The van der Waals surface area contributed by atoms with Crippen LogP contribution in [-0.4, -0.2) is 33.0 Å². The molecule has 4 rings (SSSR count). The van der Waals surface area contributed by atoms with Gasteiger partial charge in [0.15, 0.2) is 0 Å². The van der Waals surface area contributed by atoms with Gasteiger partial charge in [0.05, 0.1) is 25.1 Å². The fraction of sp³-hybridized carbons (Fsp3) is 0.125. The number of carbonyl (C=O) groups excluding carboxylic acids is 2. The largest absolute Gasteiger partial charge is 0.508 e. The number of amides is 2. The van der Waals surface area contributed by atoms with Gasteiger partial charge in [-0.2, -0.15) is 0 Å². The predicted octanol–water partition coefficient (Wildman–Crippen LogP) is 2.98. The summed E-state index contributed by atoms with van der Waals surface area (Å²) in [7, 11) is 0. The van der Waals surface area contributed by atoms with Crippen molar-refractivity contribution in [2.45, 2.75) is 13.1 Å². The number of halogens is 1. The zero-order valence-corrected chi connectivity index (χ0v) is 17.1. The van der Waals surface area contributed by atoms with Crippen LogP contribution in [0.1, 0.15) is 21.6 Å². The number of rotatable bonds is 7. The van der Waals surface area contributed by atoms with Crippen LogP contribution in [0.3, 0.4) is 0 Å². The maximum absolute atomic E-state index is 13.4. The van der Waals surface area contributed by atoms with Crippen molar-refractivity contribution < 1.29 is 19.1 Å². The molecular formula is C24H21FN4O3. The topological polar surface area (TPSA) is 96.2 Å². The second-order valence-electron chi connectivity index (χ2n) is 7.31. The lowest BCUT2D eigenvalue weighted by atomic mass is 10.0. The molecule has 1 aromatic heterocycles. The molecule has 3 aromatic carbocycles. The minimum absolute atomic E-state index is 0.0605. The Morgan fingerprint density at radius 2 is 1.88 bits per heavy atom. The molecule has 0 atom stereocenters. The van der Waals surface area contributed by atoms with Crippen molar-refractivity contribution in [3.8, 4) is 5.75 Å². The third kappa shape index (κ3) is 4.92. The number of nitrogens with one attached hydrogen (secondary N) is 2. The van der Waals surface area contributed by atoms with E-state index >= 15 is 0 Å². The number of fused-ring (bicyclic) bond motifs is 1. The van der Waals surface area contributed by atoms with E-state index in [2.05, 4.69) is 15.6 Å². The van der Waals surface area contributed by atoms with E-state index in [-0.39, 0.29) is 30.6 Å². The van der Waals surface area contributed by atoms with E-state index in [1.54, 1.807) is 42.9 Å². The maximum Gasteiger partial charge on any atom is 0.252 e. The summed E-state index contributed by atoms with van der Waals surface area (Å²) in [4.78, 5) is 28.9. The van der Waals surface area contributed by atoms with Crippen LogP contribution in [0, 0.1) is 5.82 Å². The summed E-state index contributed by atoms with van der Waals surface area (Å²) in [5.41, 5.74) is 1.90.